The highest BCUT2D eigenvalue weighted by Crippen LogP contribution is 2.17. The van der Waals surface area contributed by atoms with Crippen LogP contribution in [-0.2, 0) is 4.74 Å². The first-order valence-electron chi connectivity index (χ1n) is 6.91. The van der Waals surface area contributed by atoms with Crippen molar-refractivity contribution in [3.63, 3.8) is 0 Å². The zero-order chi connectivity index (χ0) is 13.6. The molecule has 0 unspecified atom stereocenters. The number of nitrogens with zero attached hydrogens (tertiary/aromatic N) is 2. The Labute approximate surface area is 110 Å². The molecule has 0 radical (unpaired) electrons. The van der Waals surface area contributed by atoms with Crippen LogP contribution in [0.5, 0.6) is 0 Å². The molecule has 18 heavy (non-hydrogen) atoms. The predicted octanol–water partition coefficient (Wildman–Crippen LogP) is 1.31. The number of piperazine rings is 1. The number of hydrogen-bond acceptors (Lipinski definition) is 4. The third-order valence-corrected chi connectivity index (χ3v) is 3.73. The Morgan fingerprint density at radius 2 is 1.72 bits per heavy atom. The van der Waals surface area contributed by atoms with E-state index in [0.717, 1.165) is 25.9 Å². The molecule has 0 aromatic carbocycles. The molecule has 0 atom stereocenters. The Hall–Kier alpha value is -0.810. The van der Waals surface area contributed by atoms with Crippen molar-refractivity contribution in [3.8, 4) is 0 Å². The molecular weight excluding hydrogens is 232 g/mol. The van der Waals surface area contributed by atoms with Crippen LogP contribution in [0.15, 0.2) is 0 Å². The van der Waals surface area contributed by atoms with Crippen LogP contribution in [-0.4, -0.2) is 65.9 Å². The zero-order valence-electron chi connectivity index (χ0n) is 11.8. The summed E-state index contributed by atoms with van der Waals surface area (Å²) < 4.78 is 4.98. The molecule has 1 aliphatic rings. The van der Waals surface area contributed by atoms with Crippen molar-refractivity contribution >= 4 is 6.09 Å². The molecule has 0 aromatic rings. The average Bonchev–Trinajstić information content (AvgIpc) is 2.39. The van der Waals surface area contributed by atoms with E-state index in [9.17, 15) is 9.90 Å². The monoisotopic (exact) mass is 258 g/mol. The second-order valence-electron chi connectivity index (χ2n) is 4.89. The number of carbonyl (C=O) groups is 1. The largest absolute Gasteiger partial charge is 0.450 e. The summed E-state index contributed by atoms with van der Waals surface area (Å²) >= 11 is 0. The van der Waals surface area contributed by atoms with Gasteiger partial charge in [0.2, 0.25) is 0 Å². The average molecular weight is 258 g/mol. The summed E-state index contributed by atoms with van der Waals surface area (Å²) in [6, 6.07) is 0. The van der Waals surface area contributed by atoms with E-state index >= 15 is 0 Å². The molecule has 0 aliphatic carbocycles. The van der Waals surface area contributed by atoms with Gasteiger partial charge in [0.1, 0.15) is 0 Å². The number of rotatable bonds is 5. The van der Waals surface area contributed by atoms with E-state index in [1.165, 1.54) is 0 Å². The van der Waals surface area contributed by atoms with Crippen LogP contribution in [0.4, 0.5) is 4.79 Å². The van der Waals surface area contributed by atoms with Gasteiger partial charge in [-0.05, 0) is 19.8 Å². The van der Waals surface area contributed by atoms with Gasteiger partial charge in [0.05, 0.1) is 12.2 Å². The van der Waals surface area contributed by atoms with Gasteiger partial charge in [-0.3, -0.25) is 4.90 Å². The maximum Gasteiger partial charge on any atom is 0.409 e. The molecule has 1 rings (SSSR count). The lowest BCUT2D eigenvalue weighted by molar-refractivity contribution is -0.0151. The van der Waals surface area contributed by atoms with Gasteiger partial charge >= 0.3 is 6.09 Å². The van der Waals surface area contributed by atoms with Crippen LogP contribution in [0.25, 0.3) is 0 Å². The maximum atomic E-state index is 11.5. The van der Waals surface area contributed by atoms with E-state index in [1.807, 2.05) is 20.8 Å². The molecule has 1 fully saturated rings. The van der Waals surface area contributed by atoms with Gasteiger partial charge in [0, 0.05) is 32.7 Å². The minimum absolute atomic E-state index is 0.224. The Balaban J connectivity index is 2.37. The first-order valence-corrected chi connectivity index (χ1v) is 6.91. The van der Waals surface area contributed by atoms with E-state index in [1.54, 1.807) is 4.90 Å². The Morgan fingerprint density at radius 3 is 2.17 bits per heavy atom. The summed E-state index contributed by atoms with van der Waals surface area (Å²) in [5.41, 5.74) is -0.591. The van der Waals surface area contributed by atoms with Crippen LogP contribution in [0.3, 0.4) is 0 Å². The lowest BCUT2D eigenvalue weighted by Gasteiger charge is -2.38. The molecule has 0 spiro atoms. The third-order valence-electron chi connectivity index (χ3n) is 3.73. The number of aliphatic hydroxyl groups is 1. The van der Waals surface area contributed by atoms with E-state index in [2.05, 4.69) is 4.90 Å². The van der Waals surface area contributed by atoms with Gasteiger partial charge in [-0.1, -0.05) is 13.8 Å². The summed E-state index contributed by atoms with van der Waals surface area (Å²) in [5, 5.41) is 10.3. The summed E-state index contributed by atoms with van der Waals surface area (Å²) in [6.07, 6.45) is 1.31. The van der Waals surface area contributed by atoms with Gasteiger partial charge in [-0.25, -0.2) is 4.79 Å². The molecule has 1 aliphatic heterocycles. The molecule has 5 nitrogen and oxygen atoms in total. The molecular formula is C13H26N2O3. The summed E-state index contributed by atoms with van der Waals surface area (Å²) in [7, 11) is 0. The third kappa shape index (κ3) is 4.14. The van der Waals surface area contributed by atoms with Crippen LogP contribution in [0.1, 0.15) is 33.6 Å². The Kier molecular flexibility index (Phi) is 5.88. The van der Waals surface area contributed by atoms with Crippen molar-refractivity contribution in [2.45, 2.75) is 39.2 Å². The highest BCUT2D eigenvalue weighted by Gasteiger charge is 2.29. The summed E-state index contributed by atoms with van der Waals surface area (Å²) in [6.45, 7) is 9.93. The molecule has 5 heteroatoms. The van der Waals surface area contributed by atoms with Crippen molar-refractivity contribution in [1.29, 1.82) is 0 Å². The second kappa shape index (κ2) is 6.95. The van der Waals surface area contributed by atoms with Crippen LogP contribution in [0, 0.1) is 0 Å². The molecule has 1 heterocycles. The standard InChI is InChI=1S/C13H26N2O3/c1-4-13(17,5-2)11-14-7-9-15(10-8-14)12(16)18-6-3/h17H,4-11H2,1-3H3. The van der Waals surface area contributed by atoms with E-state index < -0.39 is 5.60 Å². The van der Waals surface area contributed by atoms with Crippen LogP contribution >= 0.6 is 0 Å². The molecule has 1 amide bonds. The minimum Gasteiger partial charge on any atom is -0.450 e. The summed E-state index contributed by atoms with van der Waals surface area (Å²) in [4.78, 5) is 15.5. The van der Waals surface area contributed by atoms with E-state index in [4.69, 9.17) is 4.74 Å². The fourth-order valence-corrected chi connectivity index (χ4v) is 2.19. The topological polar surface area (TPSA) is 53.0 Å². The number of carbonyl (C=O) groups excluding carboxylic acids is 1. The van der Waals surface area contributed by atoms with Crippen molar-refractivity contribution in [3.05, 3.63) is 0 Å². The fourth-order valence-electron chi connectivity index (χ4n) is 2.19. The van der Waals surface area contributed by atoms with Gasteiger partial charge in [-0.2, -0.15) is 0 Å². The predicted molar refractivity (Wildman–Crippen MR) is 70.6 cm³/mol. The number of ether oxygens (including phenoxy) is 1. The van der Waals surface area contributed by atoms with Gasteiger partial charge < -0.3 is 14.7 Å². The molecule has 0 saturated carbocycles. The van der Waals surface area contributed by atoms with Crippen molar-refractivity contribution in [1.82, 2.24) is 9.80 Å². The molecule has 1 saturated heterocycles. The second-order valence-corrected chi connectivity index (χ2v) is 4.89. The highest BCUT2D eigenvalue weighted by atomic mass is 16.6. The van der Waals surface area contributed by atoms with Gasteiger partial charge in [0.25, 0.3) is 0 Å². The minimum atomic E-state index is -0.591. The van der Waals surface area contributed by atoms with Crippen molar-refractivity contribution < 1.29 is 14.6 Å². The number of amides is 1. The van der Waals surface area contributed by atoms with Crippen LogP contribution in [0.2, 0.25) is 0 Å². The number of β-amino-alcohol motifs (C(OH)–C–C–N with tert-alkyl or cyclic N) is 1. The first kappa shape index (κ1) is 15.2. The first-order chi connectivity index (χ1) is 8.54. The number of hydrogen-bond donors (Lipinski definition) is 1. The lowest BCUT2D eigenvalue weighted by Crippen LogP contribution is -2.53. The Bertz CT molecular complexity index is 259. The highest BCUT2D eigenvalue weighted by molar-refractivity contribution is 5.67. The maximum absolute atomic E-state index is 11.5. The SMILES string of the molecule is CCOC(=O)N1CCN(CC(O)(CC)CC)CC1. The molecule has 1 N–H and O–H groups in total. The van der Waals surface area contributed by atoms with Gasteiger partial charge in [-0.15, -0.1) is 0 Å². The fraction of sp³-hybridized carbons (Fsp3) is 0.923. The Morgan fingerprint density at radius 1 is 1.17 bits per heavy atom. The normalized spacial score (nSPS) is 17.9. The van der Waals surface area contributed by atoms with E-state index in [-0.39, 0.29) is 6.09 Å². The molecule has 0 bridgehead atoms. The zero-order valence-corrected chi connectivity index (χ0v) is 11.8. The quantitative estimate of drug-likeness (QED) is 0.808. The molecule has 106 valence electrons. The van der Waals surface area contributed by atoms with Crippen molar-refractivity contribution in [2.75, 3.05) is 39.3 Å². The van der Waals surface area contributed by atoms with Crippen molar-refractivity contribution in [2.24, 2.45) is 0 Å². The lowest BCUT2D eigenvalue weighted by atomic mass is 9.96. The molecule has 0 aromatic heterocycles. The van der Waals surface area contributed by atoms with E-state index in [0.29, 0.717) is 26.2 Å². The smallest absolute Gasteiger partial charge is 0.409 e. The summed E-state index contributed by atoms with van der Waals surface area (Å²) in [5.74, 6) is 0. The van der Waals surface area contributed by atoms with Gasteiger partial charge in [0.15, 0.2) is 0 Å². The van der Waals surface area contributed by atoms with Crippen LogP contribution < -0.4 is 0 Å².